The molecule has 2 heterocycles. The Morgan fingerprint density at radius 1 is 1.43 bits per heavy atom. The predicted octanol–water partition coefficient (Wildman–Crippen LogP) is 0.145. The molecule has 4 nitrogen and oxygen atoms in total. The van der Waals surface area contributed by atoms with Crippen molar-refractivity contribution in [1.82, 2.24) is 10.2 Å². The van der Waals surface area contributed by atoms with Crippen LogP contribution in [0.2, 0.25) is 0 Å². The summed E-state index contributed by atoms with van der Waals surface area (Å²) in [6.45, 7) is 3.77. The highest BCUT2D eigenvalue weighted by atomic mass is 16.4. The number of nitrogens with zero attached hydrogens (tertiary/aromatic N) is 1. The second-order valence-corrected chi connectivity index (χ2v) is 4.28. The van der Waals surface area contributed by atoms with Crippen molar-refractivity contribution in [3.8, 4) is 0 Å². The lowest BCUT2D eigenvalue weighted by Crippen LogP contribution is -2.45. The summed E-state index contributed by atoms with van der Waals surface area (Å²) in [7, 11) is 0. The lowest BCUT2D eigenvalue weighted by atomic mass is 9.98. The molecule has 4 heteroatoms. The molecule has 2 aliphatic rings. The normalized spacial score (nSPS) is 30.7. The highest BCUT2D eigenvalue weighted by Gasteiger charge is 2.36. The van der Waals surface area contributed by atoms with Gasteiger partial charge in [-0.05, 0) is 44.8 Å². The Balaban J connectivity index is 2.02. The second kappa shape index (κ2) is 4.28. The largest absolute Gasteiger partial charge is 0.480 e. The lowest BCUT2D eigenvalue weighted by molar-refractivity contribution is -0.144. The first-order valence-electron chi connectivity index (χ1n) is 5.46. The summed E-state index contributed by atoms with van der Waals surface area (Å²) in [5.74, 6) is -0.328. The number of hydrogen-bond acceptors (Lipinski definition) is 3. The number of likely N-dealkylation sites (tertiary alicyclic amines) is 1. The molecule has 2 aliphatic heterocycles. The monoisotopic (exact) mass is 198 g/mol. The zero-order chi connectivity index (χ0) is 9.97. The molecule has 0 radical (unpaired) electrons. The van der Waals surface area contributed by atoms with Gasteiger partial charge in [-0.2, -0.15) is 0 Å². The van der Waals surface area contributed by atoms with E-state index in [1.807, 2.05) is 0 Å². The predicted molar refractivity (Wildman–Crippen MR) is 53.2 cm³/mol. The van der Waals surface area contributed by atoms with Crippen LogP contribution in [-0.2, 0) is 4.79 Å². The Bertz CT molecular complexity index is 192. The number of rotatable bonds is 3. The molecule has 2 atom stereocenters. The molecule has 2 fully saturated rings. The smallest absolute Gasteiger partial charge is 0.321 e. The maximum atomic E-state index is 11.2. The van der Waals surface area contributed by atoms with Crippen LogP contribution in [0.15, 0.2) is 0 Å². The summed E-state index contributed by atoms with van der Waals surface area (Å²) in [5, 5.41) is 12.5. The molecule has 2 saturated heterocycles. The van der Waals surface area contributed by atoms with Gasteiger partial charge in [0.05, 0.1) is 0 Å². The number of aliphatic carboxylic acids is 1. The van der Waals surface area contributed by atoms with Gasteiger partial charge in [-0.15, -0.1) is 0 Å². The van der Waals surface area contributed by atoms with Crippen molar-refractivity contribution in [3.05, 3.63) is 0 Å². The van der Waals surface area contributed by atoms with Crippen molar-refractivity contribution in [1.29, 1.82) is 0 Å². The van der Waals surface area contributed by atoms with Gasteiger partial charge in [-0.25, -0.2) is 0 Å². The molecule has 0 bridgehead atoms. The van der Waals surface area contributed by atoms with Gasteiger partial charge in [0.15, 0.2) is 0 Å². The Morgan fingerprint density at radius 2 is 2.14 bits per heavy atom. The average molecular weight is 198 g/mol. The fourth-order valence-corrected chi connectivity index (χ4v) is 2.62. The van der Waals surface area contributed by atoms with Crippen molar-refractivity contribution in [2.45, 2.75) is 25.3 Å². The number of carboxylic acids is 1. The Morgan fingerprint density at radius 3 is 2.64 bits per heavy atom. The average Bonchev–Trinajstić information content (AvgIpc) is 2.75. The fraction of sp³-hybridized carbons (Fsp3) is 0.900. The SMILES string of the molecule is O=C(O)C(C1CCNC1)N1CCCC1. The van der Waals surface area contributed by atoms with Gasteiger partial charge in [0, 0.05) is 6.54 Å². The summed E-state index contributed by atoms with van der Waals surface area (Å²) in [6.07, 6.45) is 3.32. The van der Waals surface area contributed by atoms with Crippen molar-refractivity contribution in [3.63, 3.8) is 0 Å². The van der Waals surface area contributed by atoms with Crippen LogP contribution in [0, 0.1) is 5.92 Å². The first kappa shape index (κ1) is 9.93. The molecular weight excluding hydrogens is 180 g/mol. The molecule has 0 amide bonds. The molecule has 2 N–H and O–H groups in total. The molecule has 0 aromatic carbocycles. The summed E-state index contributed by atoms with van der Waals surface area (Å²) >= 11 is 0. The van der Waals surface area contributed by atoms with Gasteiger partial charge >= 0.3 is 5.97 Å². The van der Waals surface area contributed by atoms with E-state index in [9.17, 15) is 9.90 Å². The van der Waals surface area contributed by atoms with Crippen LogP contribution < -0.4 is 5.32 Å². The van der Waals surface area contributed by atoms with E-state index in [2.05, 4.69) is 10.2 Å². The molecule has 2 rings (SSSR count). The van der Waals surface area contributed by atoms with Crippen molar-refractivity contribution in [2.24, 2.45) is 5.92 Å². The third-order valence-electron chi connectivity index (χ3n) is 3.33. The first-order valence-corrected chi connectivity index (χ1v) is 5.46. The quantitative estimate of drug-likeness (QED) is 0.677. The van der Waals surface area contributed by atoms with E-state index in [0.29, 0.717) is 5.92 Å². The van der Waals surface area contributed by atoms with E-state index in [1.54, 1.807) is 0 Å². The van der Waals surface area contributed by atoms with Crippen molar-refractivity contribution < 1.29 is 9.90 Å². The van der Waals surface area contributed by atoms with E-state index >= 15 is 0 Å². The molecular formula is C10H18N2O2. The highest BCUT2D eigenvalue weighted by molar-refractivity contribution is 5.74. The zero-order valence-electron chi connectivity index (χ0n) is 8.41. The minimum absolute atomic E-state index is 0.243. The molecule has 0 aromatic rings. The Kier molecular flexibility index (Phi) is 3.03. The van der Waals surface area contributed by atoms with Crippen LogP contribution in [0.25, 0.3) is 0 Å². The Labute approximate surface area is 84.3 Å². The summed E-state index contributed by atoms with van der Waals surface area (Å²) in [6, 6.07) is -0.243. The number of carboxylic acid groups (broad SMARTS) is 1. The van der Waals surface area contributed by atoms with Gasteiger partial charge in [0.2, 0.25) is 0 Å². The topological polar surface area (TPSA) is 52.6 Å². The molecule has 2 unspecified atom stereocenters. The summed E-state index contributed by atoms with van der Waals surface area (Å²) in [5.41, 5.74) is 0. The minimum atomic E-state index is -0.638. The first-order chi connectivity index (χ1) is 6.79. The van der Waals surface area contributed by atoms with Crippen LogP contribution in [0.4, 0.5) is 0 Å². The van der Waals surface area contributed by atoms with E-state index in [0.717, 1.165) is 45.4 Å². The summed E-state index contributed by atoms with van der Waals surface area (Å²) in [4.78, 5) is 13.3. The van der Waals surface area contributed by atoms with Gasteiger partial charge in [0.25, 0.3) is 0 Å². The van der Waals surface area contributed by atoms with E-state index in [4.69, 9.17) is 0 Å². The van der Waals surface area contributed by atoms with E-state index in [-0.39, 0.29) is 6.04 Å². The maximum absolute atomic E-state index is 11.2. The van der Waals surface area contributed by atoms with Crippen LogP contribution in [0.3, 0.4) is 0 Å². The number of hydrogen-bond donors (Lipinski definition) is 2. The zero-order valence-corrected chi connectivity index (χ0v) is 8.41. The van der Waals surface area contributed by atoms with Crippen molar-refractivity contribution in [2.75, 3.05) is 26.2 Å². The van der Waals surface area contributed by atoms with Crippen LogP contribution in [0.5, 0.6) is 0 Å². The molecule has 0 aromatic heterocycles. The fourth-order valence-electron chi connectivity index (χ4n) is 2.62. The molecule has 0 spiro atoms. The van der Waals surface area contributed by atoms with Crippen LogP contribution in [-0.4, -0.2) is 48.2 Å². The van der Waals surface area contributed by atoms with Gasteiger partial charge in [-0.3, -0.25) is 9.69 Å². The van der Waals surface area contributed by atoms with Gasteiger partial charge in [0.1, 0.15) is 6.04 Å². The van der Waals surface area contributed by atoms with Crippen molar-refractivity contribution >= 4 is 5.97 Å². The van der Waals surface area contributed by atoms with Gasteiger partial charge < -0.3 is 10.4 Å². The standard InChI is InChI=1S/C10H18N2O2/c13-10(14)9(8-3-4-11-7-8)12-5-1-2-6-12/h8-9,11H,1-7H2,(H,13,14). The number of nitrogens with one attached hydrogen (secondary N) is 1. The minimum Gasteiger partial charge on any atom is -0.480 e. The van der Waals surface area contributed by atoms with E-state index < -0.39 is 5.97 Å². The highest BCUT2D eigenvalue weighted by Crippen LogP contribution is 2.22. The maximum Gasteiger partial charge on any atom is 0.321 e. The molecule has 14 heavy (non-hydrogen) atoms. The number of carbonyl (C=O) groups is 1. The third kappa shape index (κ3) is 1.91. The molecule has 0 saturated carbocycles. The van der Waals surface area contributed by atoms with Gasteiger partial charge in [-0.1, -0.05) is 0 Å². The lowest BCUT2D eigenvalue weighted by Gasteiger charge is -2.28. The third-order valence-corrected chi connectivity index (χ3v) is 3.33. The van der Waals surface area contributed by atoms with E-state index in [1.165, 1.54) is 0 Å². The molecule has 80 valence electrons. The van der Waals surface area contributed by atoms with Crippen LogP contribution in [0.1, 0.15) is 19.3 Å². The Hall–Kier alpha value is -0.610. The second-order valence-electron chi connectivity index (χ2n) is 4.28. The summed E-state index contributed by atoms with van der Waals surface area (Å²) < 4.78 is 0. The van der Waals surface area contributed by atoms with Crippen LogP contribution >= 0.6 is 0 Å². The molecule has 0 aliphatic carbocycles.